The van der Waals surface area contributed by atoms with Crippen molar-refractivity contribution >= 4 is 11.6 Å². The highest BCUT2D eigenvalue weighted by Gasteiger charge is 2.23. The fraction of sp³-hybridized carbons (Fsp3) is 0.500. The zero-order valence-corrected chi connectivity index (χ0v) is 14.9. The Morgan fingerprint density at radius 2 is 2.08 bits per heavy atom. The summed E-state index contributed by atoms with van der Waals surface area (Å²) in [6, 6.07) is 8.13. The van der Waals surface area contributed by atoms with E-state index in [1.165, 1.54) is 0 Å². The van der Waals surface area contributed by atoms with Gasteiger partial charge in [-0.3, -0.25) is 4.79 Å². The molecule has 3 rings (SSSR count). The van der Waals surface area contributed by atoms with Crippen molar-refractivity contribution < 1.29 is 4.79 Å². The smallest absolute Gasteiger partial charge is 0.278 e. The van der Waals surface area contributed by atoms with Crippen LogP contribution in [0.2, 0.25) is 0 Å². The molecule has 0 spiro atoms. The van der Waals surface area contributed by atoms with Crippen LogP contribution in [0.1, 0.15) is 47.6 Å². The number of hydrogen-bond acceptors (Lipinski definition) is 5. The first-order chi connectivity index (χ1) is 12.2. The number of amides is 1. The third kappa shape index (κ3) is 4.05. The largest absolute Gasteiger partial charge is 0.320 e. The molecule has 1 aliphatic heterocycles. The molecule has 134 valence electrons. The molecule has 3 N–H and O–H groups in total. The Balaban J connectivity index is 1.75. The summed E-state index contributed by atoms with van der Waals surface area (Å²) in [5, 5.41) is 18.0. The standard InChI is InChI=1S/C18H26N6O/c1-3-19-12-14-6-4-5-7-16(14)21-18(25)17-13(2)24(23-22-17)15-8-10-20-11-9-15/h4-7,15,19-20H,3,8-12H2,1-2H3,(H,21,25). The molecule has 1 aromatic heterocycles. The fourth-order valence-electron chi connectivity index (χ4n) is 3.19. The first-order valence-electron chi connectivity index (χ1n) is 8.93. The van der Waals surface area contributed by atoms with E-state index in [1.807, 2.05) is 35.9 Å². The highest BCUT2D eigenvalue weighted by molar-refractivity contribution is 6.03. The Kier molecular flexibility index (Phi) is 5.78. The van der Waals surface area contributed by atoms with E-state index in [0.29, 0.717) is 18.3 Å². The van der Waals surface area contributed by atoms with Crippen molar-refractivity contribution in [3.05, 3.63) is 41.2 Å². The minimum atomic E-state index is -0.207. The lowest BCUT2D eigenvalue weighted by Crippen LogP contribution is -2.30. The summed E-state index contributed by atoms with van der Waals surface area (Å²) in [6.07, 6.45) is 2.02. The number of carbonyl (C=O) groups excluding carboxylic acids is 1. The van der Waals surface area contributed by atoms with Crippen molar-refractivity contribution in [2.45, 2.75) is 39.3 Å². The molecule has 0 radical (unpaired) electrons. The normalized spacial score (nSPS) is 15.3. The second-order valence-electron chi connectivity index (χ2n) is 6.34. The molecule has 1 saturated heterocycles. The van der Waals surface area contributed by atoms with Crippen LogP contribution in [0.5, 0.6) is 0 Å². The summed E-state index contributed by atoms with van der Waals surface area (Å²) in [5.41, 5.74) is 3.09. The quantitative estimate of drug-likeness (QED) is 0.746. The summed E-state index contributed by atoms with van der Waals surface area (Å²) in [7, 11) is 0. The average Bonchev–Trinajstić information content (AvgIpc) is 3.03. The SMILES string of the molecule is CCNCc1ccccc1NC(=O)c1nnn(C2CCNCC2)c1C. The van der Waals surface area contributed by atoms with Crippen LogP contribution >= 0.6 is 0 Å². The van der Waals surface area contributed by atoms with Gasteiger partial charge in [0.2, 0.25) is 0 Å². The lowest BCUT2D eigenvalue weighted by molar-refractivity contribution is 0.102. The molecule has 0 aliphatic carbocycles. The predicted octanol–water partition coefficient (Wildman–Crippen LogP) is 1.87. The number of carbonyl (C=O) groups is 1. The van der Waals surface area contributed by atoms with Gasteiger partial charge in [0.05, 0.1) is 11.7 Å². The fourth-order valence-corrected chi connectivity index (χ4v) is 3.19. The van der Waals surface area contributed by atoms with Crippen LogP contribution in [0.25, 0.3) is 0 Å². The molecule has 0 atom stereocenters. The first kappa shape index (κ1) is 17.6. The van der Waals surface area contributed by atoms with Crippen LogP contribution in [-0.2, 0) is 6.54 Å². The van der Waals surface area contributed by atoms with Crippen LogP contribution in [0.3, 0.4) is 0 Å². The Labute approximate surface area is 148 Å². The highest BCUT2D eigenvalue weighted by atomic mass is 16.2. The molecule has 1 fully saturated rings. The Bertz CT molecular complexity index is 720. The molecule has 1 aliphatic rings. The number of rotatable bonds is 6. The zero-order valence-electron chi connectivity index (χ0n) is 14.9. The second kappa shape index (κ2) is 8.22. The maximum Gasteiger partial charge on any atom is 0.278 e. The van der Waals surface area contributed by atoms with Gasteiger partial charge in [-0.1, -0.05) is 30.3 Å². The van der Waals surface area contributed by atoms with Crippen molar-refractivity contribution in [1.82, 2.24) is 25.6 Å². The van der Waals surface area contributed by atoms with Gasteiger partial charge in [-0.2, -0.15) is 0 Å². The van der Waals surface area contributed by atoms with Gasteiger partial charge < -0.3 is 16.0 Å². The minimum absolute atomic E-state index is 0.207. The van der Waals surface area contributed by atoms with Crippen molar-refractivity contribution in [3.63, 3.8) is 0 Å². The Morgan fingerprint density at radius 1 is 1.32 bits per heavy atom. The molecule has 0 saturated carbocycles. The first-order valence-corrected chi connectivity index (χ1v) is 8.93. The van der Waals surface area contributed by atoms with Gasteiger partial charge in [0.15, 0.2) is 5.69 Å². The van der Waals surface area contributed by atoms with Gasteiger partial charge in [-0.25, -0.2) is 4.68 Å². The third-order valence-electron chi connectivity index (χ3n) is 4.63. The number of nitrogens with zero attached hydrogens (tertiary/aromatic N) is 3. The predicted molar refractivity (Wildman–Crippen MR) is 97.7 cm³/mol. The molecule has 0 bridgehead atoms. The molecule has 0 unspecified atom stereocenters. The van der Waals surface area contributed by atoms with Gasteiger partial charge in [0, 0.05) is 12.2 Å². The number of hydrogen-bond donors (Lipinski definition) is 3. The van der Waals surface area contributed by atoms with Crippen LogP contribution in [0, 0.1) is 6.92 Å². The number of nitrogens with one attached hydrogen (secondary N) is 3. The van der Waals surface area contributed by atoms with E-state index in [9.17, 15) is 4.79 Å². The summed E-state index contributed by atoms with van der Waals surface area (Å²) in [6.45, 7) is 7.53. The molecule has 7 heteroatoms. The van der Waals surface area contributed by atoms with Crippen molar-refractivity contribution in [2.75, 3.05) is 25.0 Å². The van der Waals surface area contributed by atoms with Crippen LogP contribution in [0.4, 0.5) is 5.69 Å². The van der Waals surface area contributed by atoms with Gasteiger partial charge in [0.1, 0.15) is 0 Å². The van der Waals surface area contributed by atoms with E-state index < -0.39 is 0 Å². The Morgan fingerprint density at radius 3 is 2.84 bits per heavy atom. The van der Waals surface area contributed by atoms with Gasteiger partial charge in [0.25, 0.3) is 5.91 Å². The lowest BCUT2D eigenvalue weighted by atomic mass is 10.1. The van der Waals surface area contributed by atoms with Crippen LogP contribution in [0.15, 0.2) is 24.3 Å². The van der Waals surface area contributed by atoms with Gasteiger partial charge in [-0.05, 0) is 51.0 Å². The van der Waals surface area contributed by atoms with E-state index in [4.69, 9.17) is 0 Å². The number of anilines is 1. The maximum atomic E-state index is 12.7. The number of benzene rings is 1. The molecule has 2 heterocycles. The van der Waals surface area contributed by atoms with Gasteiger partial charge in [-0.15, -0.1) is 5.10 Å². The molecular formula is C18H26N6O. The zero-order chi connectivity index (χ0) is 17.6. The number of para-hydroxylation sites is 1. The number of piperidine rings is 1. The lowest BCUT2D eigenvalue weighted by Gasteiger charge is -2.23. The summed E-state index contributed by atoms with van der Waals surface area (Å²) in [4.78, 5) is 12.7. The van der Waals surface area contributed by atoms with Crippen molar-refractivity contribution in [3.8, 4) is 0 Å². The van der Waals surface area contributed by atoms with Crippen molar-refractivity contribution in [1.29, 1.82) is 0 Å². The van der Waals surface area contributed by atoms with Crippen LogP contribution in [-0.4, -0.2) is 40.5 Å². The summed E-state index contributed by atoms with van der Waals surface area (Å²) < 4.78 is 1.90. The van der Waals surface area contributed by atoms with E-state index in [1.54, 1.807) is 0 Å². The van der Waals surface area contributed by atoms with E-state index in [2.05, 4.69) is 33.2 Å². The molecule has 1 amide bonds. The third-order valence-corrected chi connectivity index (χ3v) is 4.63. The molecule has 25 heavy (non-hydrogen) atoms. The van der Waals surface area contributed by atoms with E-state index in [0.717, 1.165) is 49.4 Å². The van der Waals surface area contributed by atoms with Crippen molar-refractivity contribution in [2.24, 2.45) is 0 Å². The number of aromatic nitrogens is 3. The van der Waals surface area contributed by atoms with Gasteiger partial charge >= 0.3 is 0 Å². The summed E-state index contributed by atoms with van der Waals surface area (Å²) >= 11 is 0. The minimum Gasteiger partial charge on any atom is -0.320 e. The second-order valence-corrected chi connectivity index (χ2v) is 6.34. The summed E-state index contributed by atoms with van der Waals surface area (Å²) in [5.74, 6) is -0.207. The van der Waals surface area contributed by atoms with E-state index in [-0.39, 0.29) is 5.91 Å². The Hall–Kier alpha value is -2.25. The highest BCUT2D eigenvalue weighted by Crippen LogP contribution is 2.21. The van der Waals surface area contributed by atoms with E-state index >= 15 is 0 Å². The molecule has 1 aromatic carbocycles. The monoisotopic (exact) mass is 342 g/mol. The topological polar surface area (TPSA) is 83.9 Å². The average molecular weight is 342 g/mol. The maximum absolute atomic E-state index is 12.7. The molecular weight excluding hydrogens is 316 g/mol. The molecule has 7 nitrogen and oxygen atoms in total. The van der Waals surface area contributed by atoms with Crippen LogP contribution < -0.4 is 16.0 Å². The molecule has 2 aromatic rings.